The fraction of sp³-hybridized carbons (Fsp3) is 0.278. The summed E-state index contributed by atoms with van der Waals surface area (Å²) in [5.74, 6) is 0.0301. The predicted octanol–water partition coefficient (Wildman–Crippen LogP) is 3.57. The zero-order chi connectivity index (χ0) is 16.1. The molecule has 128 valence electrons. The summed E-state index contributed by atoms with van der Waals surface area (Å²) >= 11 is 1.81. The van der Waals surface area contributed by atoms with Crippen molar-refractivity contribution in [1.82, 2.24) is 5.32 Å². The van der Waals surface area contributed by atoms with Gasteiger partial charge in [0.25, 0.3) is 0 Å². The zero-order valence-corrected chi connectivity index (χ0v) is 15.0. The second-order valence-corrected chi connectivity index (χ2v) is 6.52. The van der Waals surface area contributed by atoms with Crippen LogP contribution in [-0.2, 0) is 4.79 Å². The van der Waals surface area contributed by atoms with E-state index in [1.165, 1.54) is 21.2 Å². The summed E-state index contributed by atoms with van der Waals surface area (Å²) in [6, 6.07) is 16.9. The third-order valence-electron chi connectivity index (χ3n) is 3.78. The molecule has 2 aromatic carbocycles. The number of para-hydroxylation sites is 2. The molecule has 0 atom stereocenters. The van der Waals surface area contributed by atoms with Crippen LogP contribution in [0.2, 0.25) is 0 Å². The van der Waals surface area contributed by atoms with Crippen molar-refractivity contribution in [3.05, 3.63) is 48.5 Å². The van der Waals surface area contributed by atoms with Crippen molar-refractivity contribution in [2.75, 3.05) is 24.5 Å². The van der Waals surface area contributed by atoms with Gasteiger partial charge < -0.3 is 16.0 Å². The van der Waals surface area contributed by atoms with Crippen LogP contribution in [0.4, 0.5) is 11.4 Å². The van der Waals surface area contributed by atoms with Crippen molar-refractivity contribution in [2.24, 2.45) is 5.73 Å². The number of nitrogens with two attached hydrogens (primary N) is 1. The van der Waals surface area contributed by atoms with Gasteiger partial charge in [-0.3, -0.25) is 4.79 Å². The number of hydrogen-bond acceptors (Lipinski definition) is 4. The average molecular weight is 364 g/mol. The van der Waals surface area contributed by atoms with Crippen molar-refractivity contribution < 1.29 is 4.79 Å². The van der Waals surface area contributed by atoms with Gasteiger partial charge in [0.1, 0.15) is 0 Å². The molecule has 1 heterocycles. The van der Waals surface area contributed by atoms with Crippen molar-refractivity contribution >= 4 is 41.5 Å². The summed E-state index contributed by atoms with van der Waals surface area (Å²) in [4.78, 5) is 16.4. The van der Waals surface area contributed by atoms with Crippen molar-refractivity contribution in [1.29, 1.82) is 0 Å². The number of amides is 1. The van der Waals surface area contributed by atoms with Crippen LogP contribution >= 0.6 is 24.2 Å². The lowest BCUT2D eigenvalue weighted by atomic mass is 10.2. The molecule has 3 rings (SSSR count). The summed E-state index contributed by atoms with van der Waals surface area (Å²) in [6.07, 6.45) is 1.29. The molecule has 0 spiro atoms. The topological polar surface area (TPSA) is 58.4 Å². The minimum Gasteiger partial charge on any atom is -0.356 e. The number of carbonyl (C=O) groups excluding carboxylic acids is 1. The minimum absolute atomic E-state index is 0. The van der Waals surface area contributed by atoms with Crippen molar-refractivity contribution in [3.63, 3.8) is 0 Å². The molecule has 0 saturated carbocycles. The molecule has 1 aliphatic rings. The Kier molecular flexibility index (Phi) is 6.97. The Morgan fingerprint density at radius 2 is 1.62 bits per heavy atom. The van der Waals surface area contributed by atoms with E-state index in [2.05, 4.69) is 58.7 Å². The zero-order valence-electron chi connectivity index (χ0n) is 13.4. The lowest BCUT2D eigenvalue weighted by Gasteiger charge is -2.32. The first-order chi connectivity index (χ1) is 11.3. The third kappa shape index (κ3) is 4.23. The summed E-state index contributed by atoms with van der Waals surface area (Å²) in [7, 11) is 0. The highest BCUT2D eigenvalue weighted by Gasteiger charge is 2.22. The van der Waals surface area contributed by atoms with Crippen LogP contribution in [0.5, 0.6) is 0 Å². The maximum Gasteiger partial charge on any atom is 0.221 e. The van der Waals surface area contributed by atoms with Crippen LogP contribution in [0.25, 0.3) is 0 Å². The second kappa shape index (κ2) is 8.97. The molecule has 0 aliphatic carbocycles. The minimum atomic E-state index is 0. The van der Waals surface area contributed by atoms with E-state index in [1.807, 2.05) is 11.8 Å². The Morgan fingerprint density at radius 1 is 1.04 bits per heavy atom. The molecular formula is C18H22ClN3OS. The van der Waals surface area contributed by atoms with Gasteiger partial charge in [-0.25, -0.2) is 0 Å². The van der Waals surface area contributed by atoms with Gasteiger partial charge in [-0.1, -0.05) is 36.0 Å². The van der Waals surface area contributed by atoms with Crippen LogP contribution in [-0.4, -0.2) is 25.5 Å². The highest BCUT2D eigenvalue weighted by Crippen LogP contribution is 2.47. The van der Waals surface area contributed by atoms with Gasteiger partial charge in [-0.05, 0) is 30.7 Å². The highest BCUT2D eigenvalue weighted by atomic mass is 35.5. The monoisotopic (exact) mass is 363 g/mol. The number of rotatable bonds is 6. The fourth-order valence-electron chi connectivity index (χ4n) is 2.71. The Bertz CT molecular complexity index is 650. The lowest BCUT2D eigenvalue weighted by molar-refractivity contribution is -0.120. The molecule has 0 aromatic heterocycles. The van der Waals surface area contributed by atoms with E-state index in [1.54, 1.807) is 0 Å². The number of halogens is 1. The van der Waals surface area contributed by atoms with E-state index in [4.69, 9.17) is 5.73 Å². The molecule has 6 heteroatoms. The van der Waals surface area contributed by atoms with E-state index >= 15 is 0 Å². The Hall–Kier alpha value is -1.69. The SMILES string of the molecule is Cl.NCCC(=O)NCCCN1c2ccccc2Sc2ccccc21. The molecule has 0 fully saturated rings. The number of carbonyl (C=O) groups is 1. The smallest absolute Gasteiger partial charge is 0.221 e. The average Bonchev–Trinajstić information content (AvgIpc) is 2.58. The van der Waals surface area contributed by atoms with Gasteiger partial charge in [0.2, 0.25) is 5.91 Å². The maximum atomic E-state index is 11.5. The van der Waals surface area contributed by atoms with Crippen LogP contribution in [0.3, 0.4) is 0 Å². The number of nitrogens with zero attached hydrogens (tertiary/aromatic N) is 1. The molecule has 0 bridgehead atoms. The van der Waals surface area contributed by atoms with Gasteiger partial charge >= 0.3 is 0 Å². The Balaban J connectivity index is 0.00000208. The Labute approximate surface area is 153 Å². The summed E-state index contributed by atoms with van der Waals surface area (Å²) < 4.78 is 0. The molecule has 24 heavy (non-hydrogen) atoms. The van der Waals surface area contributed by atoms with Crippen LogP contribution in [0.15, 0.2) is 58.3 Å². The van der Waals surface area contributed by atoms with Gasteiger partial charge in [0, 0.05) is 35.8 Å². The molecule has 3 N–H and O–H groups in total. The first-order valence-electron chi connectivity index (χ1n) is 7.90. The standard InChI is InChI=1S/C18H21N3OS.ClH/c19-11-10-18(22)20-12-5-13-21-14-6-1-3-8-16(14)23-17-9-4-2-7-15(17)21;/h1-4,6-9H,5,10-13,19H2,(H,20,22);1H. The fourth-order valence-corrected chi connectivity index (χ4v) is 3.80. The second-order valence-electron chi connectivity index (χ2n) is 5.43. The van der Waals surface area contributed by atoms with Crippen molar-refractivity contribution in [3.8, 4) is 0 Å². The summed E-state index contributed by atoms with van der Waals surface area (Å²) in [5.41, 5.74) is 7.87. The predicted molar refractivity (Wildman–Crippen MR) is 103 cm³/mol. The first-order valence-corrected chi connectivity index (χ1v) is 8.71. The molecule has 1 amide bonds. The number of anilines is 2. The van der Waals surface area contributed by atoms with Gasteiger partial charge in [0.05, 0.1) is 11.4 Å². The van der Waals surface area contributed by atoms with Crippen LogP contribution < -0.4 is 16.0 Å². The van der Waals surface area contributed by atoms with Gasteiger partial charge in [0.15, 0.2) is 0 Å². The number of nitrogens with one attached hydrogen (secondary N) is 1. The molecule has 1 aliphatic heterocycles. The number of benzene rings is 2. The van der Waals surface area contributed by atoms with E-state index in [9.17, 15) is 4.79 Å². The van der Waals surface area contributed by atoms with Gasteiger partial charge in [-0.2, -0.15) is 0 Å². The summed E-state index contributed by atoms with van der Waals surface area (Å²) in [6.45, 7) is 1.94. The van der Waals surface area contributed by atoms with Crippen LogP contribution in [0.1, 0.15) is 12.8 Å². The molecule has 0 unspecified atom stereocenters. The van der Waals surface area contributed by atoms with Gasteiger partial charge in [-0.15, -0.1) is 12.4 Å². The third-order valence-corrected chi connectivity index (χ3v) is 4.91. The summed E-state index contributed by atoms with van der Waals surface area (Å²) in [5, 5.41) is 2.92. The molecule has 2 aromatic rings. The van der Waals surface area contributed by atoms with E-state index in [0.29, 0.717) is 19.5 Å². The molecule has 0 saturated heterocycles. The number of fused-ring (bicyclic) bond motifs is 2. The quantitative estimate of drug-likeness (QED) is 0.770. The van der Waals surface area contributed by atoms with E-state index in [-0.39, 0.29) is 18.3 Å². The lowest BCUT2D eigenvalue weighted by Crippen LogP contribution is -2.29. The highest BCUT2D eigenvalue weighted by molar-refractivity contribution is 7.99. The maximum absolute atomic E-state index is 11.5. The van der Waals surface area contributed by atoms with Crippen LogP contribution in [0, 0.1) is 0 Å². The van der Waals surface area contributed by atoms with E-state index in [0.717, 1.165) is 13.0 Å². The largest absolute Gasteiger partial charge is 0.356 e. The molecule has 0 radical (unpaired) electrons. The van der Waals surface area contributed by atoms with Crippen molar-refractivity contribution in [2.45, 2.75) is 22.6 Å². The Morgan fingerprint density at radius 3 is 2.21 bits per heavy atom. The van der Waals surface area contributed by atoms with E-state index < -0.39 is 0 Å². The molecule has 4 nitrogen and oxygen atoms in total. The first kappa shape index (κ1) is 18.6. The normalized spacial score (nSPS) is 12.0. The molecular weight excluding hydrogens is 342 g/mol. The number of hydrogen-bond donors (Lipinski definition) is 2.